The first-order valence-corrected chi connectivity index (χ1v) is 7.35. The highest BCUT2D eigenvalue weighted by Gasteiger charge is 2.22. The van der Waals surface area contributed by atoms with Crippen LogP contribution in [0.4, 0.5) is 0 Å². The van der Waals surface area contributed by atoms with Crippen molar-refractivity contribution in [1.29, 1.82) is 0 Å². The SMILES string of the molecule is CNC(=O)CN1CCN(C(=O)Cc2ccc(C)cc2)CC1. The second-order valence-electron chi connectivity index (χ2n) is 5.49. The van der Waals surface area contributed by atoms with E-state index in [0.717, 1.165) is 18.7 Å². The third-order valence-electron chi connectivity index (χ3n) is 3.85. The molecule has 1 heterocycles. The first-order chi connectivity index (χ1) is 10.1. The average Bonchev–Trinajstić information content (AvgIpc) is 2.50. The summed E-state index contributed by atoms with van der Waals surface area (Å²) in [7, 11) is 1.64. The summed E-state index contributed by atoms with van der Waals surface area (Å²) in [4.78, 5) is 27.6. The van der Waals surface area contributed by atoms with E-state index in [1.807, 2.05) is 36.1 Å². The minimum absolute atomic E-state index is 0.0226. The molecule has 1 fully saturated rings. The number of benzene rings is 1. The number of carbonyl (C=O) groups is 2. The fourth-order valence-electron chi connectivity index (χ4n) is 2.43. The molecule has 0 saturated carbocycles. The largest absolute Gasteiger partial charge is 0.358 e. The van der Waals surface area contributed by atoms with Gasteiger partial charge in [-0.1, -0.05) is 29.8 Å². The monoisotopic (exact) mass is 289 g/mol. The number of piperazine rings is 1. The van der Waals surface area contributed by atoms with Crippen LogP contribution in [0.5, 0.6) is 0 Å². The van der Waals surface area contributed by atoms with Gasteiger partial charge in [0, 0.05) is 33.2 Å². The number of likely N-dealkylation sites (N-methyl/N-ethyl adjacent to an activating group) is 1. The highest BCUT2D eigenvalue weighted by Crippen LogP contribution is 2.08. The van der Waals surface area contributed by atoms with Crippen LogP contribution < -0.4 is 5.32 Å². The topological polar surface area (TPSA) is 52.7 Å². The highest BCUT2D eigenvalue weighted by atomic mass is 16.2. The Kier molecular flexibility index (Phi) is 5.33. The molecule has 1 N–H and O–H groups in total. The van der Waals surface area contributed by atoms with Crippen LogP contribution >= 0.6 is 0 Å². The van der Waals surface area contributed by atoms with E-state index in [1.54, 1.807) is 7.05 Å². The van der Waals surface area contributed by atoms with Crippen LogP contribution in [0, 0.1) is 6.92 Å². The van der Waals surface area contributed by atoms with Gasteiger partial charge in [-0.2, -0.15) is 0 Å². The lowest BCUT2D eigenvalue weighted by atomic mass is 10.1. The summed E-state index contributed by atoms with van der Waals surface area (Å²) >= 11 is 0. The van der Waals surface area contributed by atoms with Gasteiger partial charge in [-0.25, -0.2) is 0 Å². The summed E-state index contributed by atoms with van der Waals surface area (Å²) < 4.78 is 0. The molecule has 0 aliphatic carbocycles. The Bertz CT molecular complexity index is 491. The van der Waals surface area contributed by atoms with Crippen LogP contribution in [0.3, 0.4) is 0 Å². The maximum absolute atomic E-state index is 12.3. The van der Waals surface area contributed by atoms with E-state index >= 15 is 0 Å². The smallest absolute Gasteiger partial charge is 0.233 e. The maximum Gasteiger partial charge on any atom is 0.233 e. The molecule has 21 heavy (non-hydrogen) atoms. The molecule has 1 saturated heterocycles. The molecular weight excluding hydrogens is 266 g/mol. The zero-order valence-electron chi connectivity index (χ0n) is 12.8. The van der Waals surface area contributed by atoms with Gasteiger partial charge < -0.3 is 10.2 Å². The van der Waals surface area contributed by atoms with E-state index in [0.29, 0.717) is 26.1 Å². The van der Waals surface area contributed by atoms with Crippen LogP contribution in [0.2, 0.25) is 0 Å². The third kappa shape index (κ3) is 4.56. The van der Waals surface area contributed by atoms with Crippen LogP contribution in [0.25, 0.3) is 0 Å². The molecule has 0 atom stereocenters. The molecule has 1 aliphatic heterocycles. The fourth-order valence-corrected chi connectivity index (χ4v) is 2.43. The molecule has 5 heteroatoms. The summed E-state index contributed by atoms with van der Waals surface area (Å²) in [6, 6.07) is 8.08. The lowest BCUT2D eigenvalue weighted by Crippen LogP contribution is -2.51. The Hall–Kier alpha value is -1.88. The van der Waals surface area contributed by atoms with E-state index in [2.05, 4.69) is 10.2 Å². The predicted molar refractivity (Wildman–Crippen MR) is 82.0 cm³/mol. The minimum Gasteiger partial charge on any atom is -0.358 e. The number of aryl methyl sites for hydroxylation is 1. The molecule has 1 aliphatic rings. The van der Waals surface area contributed by atoms with E-state index in [1.165, 1.54) is 5.56 Å². The number of nitrogens with one attached hydrogen (secondary N) is 1. The number of amides is 2. The van der Waals surface area contributed by atoms with Crippen LogP contribution in [-0.4, -0.2) is 61.4 Å². The standard InChI is InChI=1S/C16H23N3O2/c1-13-3-5-14(6-4-13)11-16(21)19-9-7-18(8-10-19)12-15(20)17-2/h3-6H,7-12H2,1-2H3,(H,17,20). The van der Waals surface area contributed by atoms with Gasteiger partial charge in [-0.15, -0.1) is 0 Å². The average molecular weight is 289 g/mol. The summed E-state index contributed by atoms with van der Waals surface area (Å²) in [5.41, 5.74) is 2.26. The van der Waals surface area contributed by atoms with Crippen molar-refractivity contribution in [2.45, 2.75) is 13.3 Å². The summed E-state index contributed by atoms with van der Waals surface area (Å²) in [5, 5.41) is 2.62. The molecule has 2 amide bonds. The quantitative estimate of drug-likeness (QED) is 0.874. The lowest BCUT2D eigenvalue weighted by molar-refractivity contribution is -0.132. The van der Waals surface area contributed by atoms with Gasteiger partial charge in [0.05, 0.1) is 13.0 Å². The molecule has 1 aromatic carbocycles. The second-order valence-corrected chi connectivity index (χ2v) is 5.49. The fraction of sp³-hybridized carbons (Fsp3) is 0.500. The molecule has 0 radical (unpaired) electrons. The Labute approximate surface area is 125 Å². The lowest BCUT2D eigenvalue weighted by Gasteiger charge is -2.34. The normalized spacial score (nSPS) is 15.8. The molecule has 0 aromatic heterocycles. The molecule has 0 unspecified atom stereocenters. The van der Waals surface area contributed by atoms with Crippen LogP contribution in [-0.2, 0) is 16.0 Å². The Balaban J connectivity index is 1.80. The molecule has 114 valence electrons. The second kappa shape index (κ2) is 7.22. The predicted octanol–water partition coefficient (Wildman–Crippen LogP) is 0.428. The van der Waals surface area contributed by atoms with Gasteiger partial charge in [0.15, 0.2) is 0 Å². The van der Waals surface area contributed by atoms with Gasteiger partial charge in [0.1, 0.15) is 0 Å². The van der Waals surface area contributed by atoms with E-state index in [4.69, 9.17) is 0 Å². The third-order valence-corrected chi connectivity index (χ3v) is 3.85. The van der Waals surface area contributed by atoms with Crippen molar-refractivity contribution in [3.05, 3.63) is 35.4 Å². The summed E-state index contributed by atoms with van der Waals surface area (Å²) in [5.74, 6) is 0.188. The van der Waals surface area contributed by atoms with Gasteiger partial charge >= 0.3 is 0 Å². The van der Waals surface area contributed by atoms with E-state index < -0.39 is 0 Å². The minimum atomic E-state index is 0.0226. The van der Waals surface area contributed by atoms with Crippen molar-refractivity contribution >= 4 is 11.8 Å². The molecule has 1 aromatic rings. The summed E-state index contributed by atoms with van der Waals surface area (Å²) in [6.07, 6.45) is 0.454. The summed E-state index contributed by atoms with van der Waals surface area (Å²) in [6.45, 7) is 5.36. The number of rotatable bonds is 4. The van der Waals surface area contributed by atoms with Gasteiger partial charge in [-0.05, 0) is 12.5 Å². The van der Waals surface area contributed by atoms with Crippen molar-refractivity contribution in [1.82, 2.24) is 15.1 Å². The Morgan fingerprint density at radius 1 is 1.10 bits per heavy atom. The van der Waals surface area contributed by atoms with Gasteiger partial charge in [0.2, 0.25) is 11.8 Å². The van der Waals surface area contributed by atoms with Crippen LogP contribution in [0.1, 0.15) is 11.1 Å². The number of nitrogens with zero attached hydrogens (tertiary/aromatic N) is 2. The van der Waals surface area contributed by atoms with Crippen molar-refractivity contribution in [3.63, 3.8) is 0 Å². The zero-order valence-corrected chi connectivity index (χ0v) is 12.8. The van der Waals surface area contributed by atoms with Crippen molar-refractivity contribution in [3.8, 4) is 0 Å². The first kappa shape index (κ1) is 15.5. The van der Waals surface area contributed by atoms with Crippen LogP contribution in [0.15, 0.2) is 24.3 Å². The number of hydrogen-bond acceptors (Lipinski definition) is 3. The van der Waals surface area contributed by atoms with E-state index in [9.17, 15) is 9.59 Å². The Morgan fingerprint density at radius 2 is 1.71 bits per heavy atom. The van der Waals surface area contributed by atoms with Crippen molar-refractivity contribution in [2.24, 2.45) is 0 Å². The Morgan fingerprint density at radius 3 is 2.29 bits per heavy atom. The molecular formula is C16H23N3O2. The zero-order chi connectivity index (χ0) is 15.2. The van der Waals surface area contributed by atoms with Gasteiger partial charge in [-0.3, -0.25) is 14.5 Å². The van der Waals surface area contributed by atoms with Crippen molar-refractivity contribution < 1.29 is 9.59 Å². The molecule has 2 rings (SSSR count). The first-order valence-electron chi connectivity index (χ1n) is 7.35. The molecule has 0 bridgehead atoms. The molecule has 5 nitrogen and oxygen atoms in total. The number of carbonyl (C=O) groups excluding carboxylic acids is 2. The highest BCUT2D eigenvalue weighted by molar-refractivity contribution is 5.79. The number of hydrogen-bond donors (Lipinski definition) is 1. The van der Waals surface area contributed by atoms with Crippen molar-refractivity contribution in [2.75, 3.05) is 39.8 Å². The van der Waals surface area contributed by atoms with E-state index in [-0.39, 0.29) is 11.8 Å². The maximum atomic E-state index is 12.3. The van der Waals surface area contributed by atoms with Gasteiger partial charge in [0.25, 0.3) is 0 Å². The molecule has 0 spiro atoms.